The number of nitriles is 1. The lowest BCUT2D eigenvalue weighted by Gasteiger charge is -2.23. The molecule has 3 aromatic carbocycles. The lowest BCUT2D eigenvalue weighted by Crippen LogP contribution is -2.37. The molecular formula is C34H26FN9O. The van der Waals surface area contributed by atoms with Crippen molar-refractivity contribution in [3.8, 4) is 28.5 Å². The Labute approximate surface area is 258 Å². The first kappa shape index (κ1) is 28.7. The predicted octanol–water partition coefficient (Wildman–Crippen LogP) is 6.74. The molecule has 3 heterocycles. The van der Waals surface area contributed by atoms with Gasteiger partial charge in [0.1, 0.15) is 17.7 Å². The quantitative estimate of drug-likeness (QED) is 0.200. The average Bonchev–Trinajstić information content (AvgIpc) is 3.52. The molecule has 2 N–H and O–H groups in total. The van der Waals surface area contributed by atoms with Crippen molar-refractivity contribution in [2.45, 2.75) is 6.54 Å². The number of carbonyl (C=O) groups is 1. The summed E-state index contributed by atoms with van der Waals surface area (Å²) >= 11 is 0. The van der Waals surface area contributed by atoms with Gasteiger partial charge < -0.3 is 10.6 Å². The Morgan fingerprint density at radius 2 is 1.69 bits per heavy atom. The Balaban J connectivity index is 1.27. The topological polar surface area (TPSA) is 125 Å². The highest BCUT2D eigenvalue weighted by Gasteiger charge is 2.20. The second-order valence-electron chi connectivity index (χ2n) is 10.0. The van der Waals surface area contributed by atoms with Crippen molar-refractivity contribution < 1.29 is 9.18 Å². The summed E-state index contributed by atoms with van der Waals surface area (Å²) in [6.07, 6.45) is 6.70. The fourth-order valence-electron chi connectivity index (χ4n) is 4.67. The van der Waals surface area contributed by atoms with Gasteiger partial charge in [-0.05, 0) is 54.1 Å². The summed E-state index contributed by atoms with van der Waals surface area (Å²) < 4.78 is 16.2. The molecule has 0 aliphatic rings. The number of aromatic nitrogens is 5. The van der Waals surface area contributed by atoms with Crippen LogP contribution >= 0.6 is 0 Å². The molecule has 2 amide bonds. The van der Waals surface area contributed by atoms with Crippen LogP contribution in [0.15, 0.2) is 116 Å². The van der Waals surface area contributed by atoms with E-state index in [4.69, 9.17) is 0 Å². The minimum absolute atomic E-state index is 0.153. The highest BCUT2D eigenvalue weighted by Crippen LogP contribution is 2.29. The van der Waals surface area contributed by atoms with E-state index in [9.17, 15) is 14.4 Å². The first-order valence-electron chi connectivity index (χ1n) is 13.9. The van der Waals surface area contributed by atoms with Crippen LogP contribution in [0.4, 0.5) is 32.3 Å². The van der Waals surface area contributed by atoms with Gasteiger partial charge in [-0.3, -0.25) is 4.68 Å². The van der Waals surface area contributed by atoms with E-state index < -0.39 is 5.82 Å². The van der Waals surface area contributed by atoms with E-state index >= 15 is 0 Å². The van der Waals surface area contributed by atoms with Crippen molar-refractivity contribution in [1.82, 2.24) is 30.0 Å². The molecule has 0 unspecified atom stereocenters. The smallest absolute Gasteiger partial charge is 0.327 e. The van der Waals surface area contributed by atoms with Crippen LogP contribution in [-0.2, 0) is 13.6 Å². The van der Waals surface area contributed by atoms with Crippen molar-refractivity contribution in [3.63, 3.8) is 0 Å². The number of aryl methyl sites for hydroxylation is 1. The molecule has 6 aromatic rings. The number of benzene rings is 3. The largest absolute Gasteiger partial charge is 0.333 e. The van der Waals surface area contributed by atoms with Gasteiger partial charge in [0.25, 0.3) is 0 Å². The zero-order chi connectivity index (χ0) is 31.2. The van der Waals surface area contributed by atoms with Gasteiger partial charge in [0, 0.05) is 48.4 Å². The fourth-order valence-corrected chi connectivity index (χ4v) is 4.67. The van der Waals surface area contributed by atoms with Crippen molar-refractivity contribution in [1.29, 1.82) is 5.26 Å². The lowest BCUT2D eigenvalue weighted by atomic mass is 10.1. The molecule has 45 heavy (non-hydrogen) atoms. The van der Waals surface area contributed by atoms with Gasteiger partial charge in [0.15, 0.2) is 0 Å². The van der Waals surface area contributed by atoms with Crippen LogP contribution in [0, 0.1) is 17.1 Å². The molecule has 10 nitrogen and oxygen atoms in total. The molecule has 0 atom stereocenters. The molecular weight excluding hydrogens is 569 g/mol. The normalized spacial score (nSPS) is 10.6. The van der Waals surface area contributed by atoms with E-state index in [2.05, 4.69) is 30.7 Å². The minimum atomic E-state index is -0.490. The van der Waals surface area contributed by atoms with E-state index in [0.29, 0.717) is 23.7 Å². The minimum Gasteiger partial charge on any atom is -0.333 e. The first-order chi connectivity index (χ1) is 22.0. The third-order valence-electron chi connectivity index (χ3n) is 6.92. The molecule has 220 valence electrons. The highest BCUT2D eigenvalue weighted by atomic mass is 19.1. The Kier molecular flexibility index (Phi) is 8.19. The van der Waals surface area contributed by atoms with Crippen LogP contribution in [0.3, 0.4) is 0 Å². The van der Waals surface area contributed by atoms with E-state index in [0.717, 1.165) is 16.7 Å². The maximum Gasteiger partial charge on any atom is 0.327 e. The van der Waals surface area contributed by atoms with Gasteiger partial charge in [-0.1, -0.05) is 42.5 Å². The van der Waals surface area contributed by atoms with Crippen molar-refractivity contribution in [2.75, 3.05) is 10.2 Å². The number of anilines is 4. The van der Waals surface area contributed by atoms with Gasteiger partial charge in [0.2, 0.25) is 5.95 Å². The van der Waals surface area contributed by atoms with Gasteiger partial charge in [0.05, 0.1) is 29.3 Å². The Hall–Kier alpha value is -6.41. The summed E-state index contributed by atoms with van der Waals surface area (Å²) in [5, 5.41) is 19.8. The molecule has 0 spiro atoms. The number of urea groups is 1. The first-order valence-corrected chi connectivity index (χ1v) is 13.9. The molecule has 6 rings (SSSR count). The number of pyridine rings is 1. The van der Waals surface area contributed by atoms with Crippen molar-refractivity contribution in [2.24, 2.45) is 7.05 Å². The van der Waals surface area contributed by atoms with Crippen molar-refractivity contribution in [3.05, 3.63) is 133 Å². The lowest BCUT2D eigenvalue weighted by molar-refractivity contribution is 0.248. The highest BCUT2D eigenvalue weighted by molar-refractivity contribution is 5.98. The SMILES string of the molecule is Cn1cc(-c2ccc(N(C(=O)NCc3ccccc3)c3ccc(Nc4ncc(C#N)c(-c5ccccc5F)n4)cc3)nc2)cn1. The maximum atomic E-state index is 14.5. The monoisotopic (exact) mass is 595 g/mol. The molecule has 3 aromatic heterocycles. The Morgan fingerprint density at radius 3 is 2.38 bits per heavy atom. The fraction of sp³-hybridized carbons (Fsp3) is 0.0588. The third kappa shape index (κ3) is 6.50. The summed E-state index contributed by atoms with van der Waals surface area (Å²) in [7, 11) is 1.85. The summed E-state index contributed by atoms with van der Waals surface area (Å²) in [6.45, 7) is 0.337. The molecule has 0 bridgehead atoms. The third-order valence-corrected chi connectivity index (χ3v) is 6.92. The standard InChI is InChI=1S/C34H26FN9O/c1-43-22-26(21-40-43)24-11-16-31(37-19-24)44(34(45)39-18-23-7-3-2-4-8-23)28-14-12-27(13-15-28)41-33-38-20-25(17-36)32(42-33)29-9-5-6-10-30(29)35/h2-16,19-22H,18H2,1H3,(H,39,45)(H,38,41,42). The summed E-state index contributed by atoms with van der Waals surface area (Å²) in [6, 6.07) is 28.2. The van der Waals surface area contributed by atoms with Gasteiger partial charge in [-0.25, -0.2) is 29.0 Å². The number of hydrogen-bond donors (Lipinski definition) is 2. The molecule has 0 saturated heterocycles. The number of halogens is 1. The maximum absolute atomic E-state index is 14.5. The number of carbonyl (C=O) groups excluding carboxylic acids is 1. The van der Waals surface area contributed by atoms with E-state index in [1.807, 2.05) is 55.7 Å². The van der Waals surface area contributed by atoms with Crippen LogP contribution in [0.1, 0.15) is 11.1 Å². The summed E-state index contributed by atoms with van der Waals surface area (Å²) in [4.78, 5) is 28.3. The van der Waals surface area contributed by atoms with Crippen LogP contribution in [0.5, 0.6) is 0 Å². The number of hydrogen-bond acceptors (Lipinski definition) is 7. The number of nitrogens with one attached hydrogen (secondary N) is 2. The molecule has 0 aliphatic heterocycles. The Bertz CT molecular complexity index is 1990. The molecule has 0 fully saturated rings. The molecule has 0 saturated carbocycles. The van der Waals surface area contributed by atoms with Gasteiger partial charge in [-0.15, -0.1) is 0 Å². The molecule has 0 radical (unpaired) electrons. The average molecular weight is 596 g/mol. The zero-order valence-electron chi connectivity index (χ0n) is 24.1. The molecule has 0 aliphatic carbocycles. The number of nitrogens with zero attached hydrogens (tertiary/aromatic N) is 7. The second-order valence-corrected chi connectivity index (χ2v) is 10.0. The zero-order valence-corrected chi connectivity index (χ0v) is 24.1. The van der Waals surface area contributed by atoms with E-state index in [1.54, 1.807) is 65.6 Å². The summed E-state index contributed by atoms with van der Waals surface area (Å²) in [5.41, 5.74) is 4.47. The second kappa shape index (κ2) is 12.8. The predicted molar refractivity (Wildman–Crippen MR) is 169 cm³/mol. The Morgan fingerprint density at radius 1 is 0.911 bits per heavy atom. The van der Waals surface area contributed by atoms with Crippen molar-refractivity contribution >= 4 is 29.2 Å². The number of rotatable bonds is 8. The van der Waals surface area contributed by atoms with Crippen LogP contribution in [0.25, 0.3) is 22.4 Å². The van der Waals surface area contributed by atoms with Gasteiger partial charge in [-0.2, -0.15) is 10.4 Å². The van der Waals surface area contributed by atoms with E-state index in [1.165, 1.54) is 17.2 Å². The number of amides is 2. The van der Waals surface area contributed by atoms with E-state index in [-0.39, 0.29) is 28.8 Å². The van der Waals surface area contributed by atoms with Crippen LogP contribution < -0.4 is 15.5 Å². The summed E-state index contributed by atoms with van der Waals surface area (Å²) in [5.74, 6) is 0.125. The van der Waals surface area contributed by atoms with Gasteiger partial charge >= 0.3 is 6.03 Å². The molecule has 11 heteroatoms. The van der Waals surface area contributed by atoms with Crippen LogP contribution in [-0.4, -0.2) is 30.8 Å². The van der Waals surface area contributed by atoms with Crippen LogP contribution in [0.2, 0.25) is 0 Å².